The van der Waals surface area contributed by atoms with Gasteiger partial charge in [-0.3, -0.25) is 0 Å². The second-order valence-electron chi connectivity index (χ2n) is 13.2. The minimum Gasteiger partial charge on any atom is -0.455 e. The average Bonchev–Trinajstić information content (AvgIpc) is 3.90. The van der Waals surface area contributed by atoms with E-state index >= 15 is 0 Å². The number of rotatable bonds is 5. The zero-order valence-electron chi connectivity index (χ0n) is 27.9. The van der Waals surface area contributed by atoms with E-state index in [0.717, 1.165) is 105 Å². The molecule has 3 aromatic heterocycles. The van der Waals surface area contributed by atoms with E-state index in [0.29, 0.717) is 0 Å². The molecule has 8 aromatic carbocycles. The number of para-hydroxylation sites is 7. The molecule has 4 heteroatoms. The minimum atomic E-state index is 0.836. The van der Waals surface area contributed by atoms with Crippen LogP contribution in [0.2, 0.25) is 0 Å². The van der Waals surface area contributed by atoms with Crippen LogP contribution in [0.25, 0.3) is 88.1 Å². The molecule has 0 amide bonds. The van der Waals surface area contributed by atoms with Gasteiger partial charge in [0.05, 0.1) is 5.69 Å². The molecule has 52 heavy (non-hydrogen) atoms. The molecule has 4 nitrogen and oxygen atoms in total. The first-order valence-corrected chi connectivity index (χ1v) is 17.5. The third-order valence-corrected chi connectivity index (χ3v) is 10.3. The Morgan fingerprint density at radius 1 is 0.308 bits per heavy atom. The predicted molar refractivity (Wildman–Crippen MR) is 214 cm³/mol. The van der Waals surface area contributed by atoms with Crippen molar-refractivity contribution in [3.05, 3.63) is 176 Å². The van der Waals surface area contributed by atoms with E-state index in [1.165, 1.54) is 0 Å². The van der Waals surface area contributed by atoms with Gasteiger partial charge in [0, 0.05) is 60.4 Å². The van der Waals surface area contributed by atoms with Gasteiger partial charge in [-0.25, -0.2) is 0 Å². The number of hydrogen-bond acceptors (Lipinski definition) is 4. The van der Waals surface area contributed by atoms with Gasteiger partial charge in [-0.15, -0.1) is 0 Å². The molecule has 11 rings (SSSR count). The van der Waals surface area contributed by atoms with E-state index in [-0.39, 0.29) is 0 Å². The maximum Gasteiger partial charge on any atom is 0.159 e. The quantitative estimate of drug-likeness (QED) is 0.183. The molecule has 0 aliphatic heterocycles. The summed E-state index contributed by atoms with van der Waals surface area (Å²) < 4.78 is 20.0. The maximum absolute atomic E-state index is 6.94. The van der Waals surface area contributed by atoms with E-state index in [1.807, 2.05) is 24.3 Å². The van der Waals surface area contributed by atoms with Crippen molar-refractivity contribution in [2.45, 2.75) is 0 Å². The lowest BCUT2D eigenvalue weighted by Gasteiger charge is -2.25. The van der Waals surface area contributed by atoms with Crippen molar-refractivity contribution < 1.29 is 13.3 Å². The van der Waals surface area contributed by atoms with Crippen LogP contribution in [0.1, 0.15) is 0 Å². The normalized spacial score (nSPS) is 11.8. The topological polar surface area (TPSA) is 42.7 Å². The Balaban J connectivity index is 1.08. The molecule has 0 unspecified atom stereocenters. The highest BCUT2D eigenvalue weighted by molar-refractivity contribution is 6.17. The Hall–Kier alpha value is -7.04. The lowest BCUT2D eigenvalue weighted by atomic mass is 9.98. The first kappa shape index (κ1) is 28.8. The smallest absolute Gasteiger partial charge is 0.159 e. The van der Waals surface area contributed by atoms with E-state index in [9.17, 15) is 0 Å². The molecule has 0 aliphatic carbocycles. The van der Waals surface area contributed by atoms with Gasteiger partial charge in [0.15, 0.2) is 5.58 Å². The fourth-order valence-electron chi connectivity index (χ4n) is 7.93. The van der Waals surface area contributed by atoms with Gasteiger partial charge >= 0.3 is 0 Å². The van der Waals surface area contributed by atoms with Crippen LogP contribution < -0.4 is 4.90 Å². The van der Waals surface area contributed by atoms with Gasteiger partial charge in [0.2, 0.25) is 0 Å². The number of benzene rings is 8. The van der Waals surface area contributed by atoms with Crippen molar-refractivity contribution in [3.63, 3.8) is 0 Å². The zero-order chi connectivity index (χ0) is 34.2. The number of hydrogen-bond donors (Lipinski definition) is 0. The highest BCUT2D eigenvalue weighted by Gasteiger charge is 2.22. The summed E-state index contributed by atoms with van der Waals surface area (Å²) in [7, 11) is 0. The molecule has 0 aliphatic rings. The standard InChI is InChI=1S/C48H29NO3/c1-3-13-31(14-4-1)49(32-15-5-2-6-16-32)42-25-12-24-39-38-20-9-18-33(45(38)52-48(39)42)30-27-28-44-41(29-30)40-23-11-22-37(47(40)51-44)36-21-10-19-35-34-17-7-8-26-43(34)50-46(35)36/h1-29H. The third kappa shape index (κ3) is 4.28. The molecule has 0 N–H and O–H groups in total. The third-order valence-electron chi connectivity index (χ3n) is 10.3. The van der Waals surface area contributed by atoms with E-state index < -0.39 is 0 Å². The van der Waals surface area contributed by atoms with Gasteiger partial charge in [0.1, 0.15) is 27.9 Å². The van der Waals surface area contributed by atoms with Crippen molar-refractivity contribution in [3.8, 4) is 22.3 Å². The van der Waals surface area contributed by atoms with E-state index in [1.54, 1.807) is 0 Å². The number of fused-ring (bicyclic) bond motifs is 9. The van der Waals surface area contributed by atoms with Crippen molar-refractivity contribution in [2.24, 2.45) is 0 Å². The fourth-order valence-corrected chi connectivity index (χ4v) is 7.93. The number of anilines is 3. The minimum absolute atomic E-state index is 0.836. The van der Waals surface area contributed by atoms with Crippen molar-refractivity contribution >= 4 is 82.9 Å². The first-order valence-electron chi connectivity index (χ1n) is 17.5. The van der Waals surface area contributed by atoms with Crippen LogP contribution in [0.4, 0.5) is 17.1 Å². The summed E-state index contributed by atoms with van der Waals surface area (Å²) in [5.41, 5.74) is 12.4. The number of furan rings is 3. The summed E-state index contributed by atoms with van der Waals surface area (Å²) in [6.07, 6.45) is 0. The summed E-state index contributed by atoms with van der Waals surface area (Å²) in [4.78, 5) is 2.26. The molecule has 0 saturated heterocycles. The van der Waals surface area contributed by atoms with Crippen LogP contribution in [0, 0.1) is 0 Å². The van der Waals surface area contributed by atoms with Crippen LogP contribution in [0.15, 0.2) is 189 Å². The average molecular weight is 668 g/mol. The lowest BCUT2D eigenvalue weighted by Crippen LogP contribution is -2.09. The SMILES string of the molecule is c1ccc(N(c2ccccc2)c2cccc3c2oc2c(-c4ccc5oc6c(-c7cccc8c7oc7ccccc78)cccc6c5c4)cccc23)cc1. The molecule has 0 bridgehead atoms. The zero-order valence-corrected chi connectivity index (χ0v) is 27.9. The Morgan fingerprint density at radius 3 is 1.46 bits per heavy atom. The summed E-state index contributed by atoms with van der Waals surface area (Å²) in [6, 6.07) is 61.1. The molecular weight excluding hydrogens is 639 g/mol. The highest BCUT2D eigenvalue weighted by atomic mass is 16.3. The number of nitrogens with zero attached hydrogens (tertiary/aromatic N) is 1. The highest BCUT2D eigenvalue weighted by Crippen LogP contribution is 2.45. The molecule has 0 atom stereocenters. The summed E-state index contributed by atoms with van der Waals surface area (Å²) >= 11 is 0. The molecule has 0 radical (unpaired) electrons. The largest absolute Gasteiger partial charge is 0.455 e. The Labute approximate surface area is 298 Å². The Morgan fingerprint density at radius 2 is 0.788 bits per heavy atom. The van der Waals surface area contributed by atoms with Crippen LogP contribution in [-0.2, 0) is 0 Å². The van der Waals surface area contributed by atoms with E-state index in [2.05, 4.69) is 157 Å². The molecule has 0 saturated carbocycles. The monoisotopic (exact) mass is 667 g/mol. The van der Waals surface area contributed by atoms with Crippen molar-refractivity contribution in [1.29, 1.82) is 0 Å². The predicted octanol–water partition coefficient (Wildman–Crippen LogP) is 14.2. The summed E-state index contributed by atoms with van der Waals surface area (Å²) in [6.45, 7) is 0. The van der Waals surface area contributed by atoms with Gasteiger partial charge < -0.3 is 18.2 Å². The molecular formula is C48H29NO3. The van der Waals surface area contributed by atoms with Crippen LogP contribution in [0.3, 0.4) is 0 Å². The van der Waals surface area contributed by atoms with Gasteiger partial charge in [-0.2, -0.15) is 0 Å². The molecule has 11 aromatic rings. The summed E-state index contributed by atoms with van der Waals surface area (Å²) in [5, 5.41) is 6.48. The second kappa shape index (κ2) is 11.2. The van der Waals surface area contributed by atoms with Crippen LogP contribution in [0.5, 0.6) is 0 Å². The lowest BCUT2D eigenvalue weighted by molar-refractivity contribution is 0.665. The summed E-state index contributed by atoms with van der Waals surface area (Å²) in [5.74, 6) is 0. The second-order valence-corrected chi connectivity index (χ2v) is 13.2. The fraction of sp³-hybridized carbons (Fsp3) is 0. The van der Waals surface area contributed by atoms with Gasteiger partial charge in [-0.1, -0.05) is 127 Å². The van der Waals surface area contributed by atoms with Gasteiger partial charge in [-0.05, 0) is 54.1 Å². The van der Waals surface area contributed by atoms with Gasteiger partial charge in [0.25, 0.3) is 0 Å². The Bertz CT molecular complexity index is 3090. The molecule has 3 heterocycles. The van der Waals surface area contributed by atoms with Crippen molar-refractivity contribution in [1.82, 2.24) is 0 Å². The molecule has 0 fully saturated rings. The van der Waals surface area contributed by atoms with Crippen molar-refractivity contribution in [2.75, 3.05) is 4.90 Å². The Kier molecular flexibility index (Phi) is 6.22. The first-order chi connectivity index (χ1) is 25.8. The molecule has 0 spiro atoms. The molecule has 244 valence electrons. The van der Waals surface area contributed by atoms with Crippen LogP contribution in [-0.4, -0.2) is 0 Å². The van der Waals surface area contributed by atoms with E-state index in [4.69, 9.17) is 13.3 Å². The maximum atomic E-state index is 6.94. The van der Waals surface area contributed by atoms with Crippen LogP contribution >= 0.6 is 0 Å².